The molecule has 3 heterocycles. The van der Waals surface area contributed by atoms with Crippen molar-refractivity contribution in [2.24, 2.45) is 0 Å². The number of halogens is 1. The summed E-state index contributed by atoms with van der Waals surface area (Å²) in [7, 11) is 0. The second-order valence-corrected chi connectivity index (χ2v) is 8.67. The first-order chi connectivity index (χ1) is 15.6. The van der Waals surface area contributed by atoms with Crippen molar-refractivity contribution in [3.63, 3.8) is 0 Å². The first-order valence-electron chi connectivity index (χ1n) is 10.0. The van der Waals surface area contributed by atoms with E-state index in [1.54, 1.807) is 23.1 Å². The van der Waals surface area contributed by atoms with E-state index in [9.17, 15) is 9.59 Å². The number of amides is 2. The number of rotatable bonds is 4. The van der Waals surface area contributed by atoms with Crippen molar-refractivity contribution in [1.82, 2.24) is 9.88 Å². The maximum atomic E-state index is 13.3. The molecule has 160 valence electrons. The standard InChI is InChI=1S/C24H18ClN3O3S/c25-18-9-4-3-8-17(18)19-14-32-24(26-19)27-22(29)20-12-15-6-1-2-7-16(15)13-28(20)23(30)21-10-5-11-31-21/h1-11,14,20H,12-13H2,(H,26,27,29)/t20-/m1/s1. The fourth-order valence-corrected chi connectivity index (χ4v) is 4.77. The number of fused-ring (bicyclic) bond motifs is 1. The third-order valence-electron chi connectivity index (χ3n) is 5.43. The average Bonchev–Trinajstić information content (AvgIpc) is 3.50. The predicted molar refractivity (Wildman–Crippen MR) is 124 cm³/mol. The van der Waals surface area contributed by atoms with E-state index in [0.29, 0.717) is 28.8 Å². The van der Waals surface area contributed by atoms with Crippen molar-refractivity contribution in [1.29, 1.82) is 0 Å². The van der Waals surface area contributed by atoms with Crippen LogP contribution in [0.1, 0.15) is 21.7 Å². The highest BCUT2D eigenvalue weighted by Gasteiger charge is 2.36. The third-order valence-corrected chi connectivity index (χ3v) is 6.52. The largest absolute Gasteiger partial charge is 0.459 e. The van der Waals surface area contributed by atoms with Crippen LogP contribution < -0.4 is 5.32 Å². The second kappa shape index (κ2) is 8.61. The Balaban J connectivity index is 1.41. The predicted octanol–water partition coefficient (Wildman–Crippen LogP) is 5.26. The summed E-state index contributed by atoms with van der Waals surface area (Å²) in [5, 5.41) is 5.77. The van der Waals surface area contributed by atoms with Crippen LogP contribution >= 0.6 is 22.9 Å². The smallest absolute Gasteiger partial charge is 0.290 e. The van der Waals surface area contributed by atoms with E-state index in [1.165, 1.54) is 17.6 Å². The molecule has 0 saturated heterocycles. The minimum absolute atomic E-state index is 0.206. The van der Waals surface area contributed by atoms with Crippen LogP contribution in [-0.2, 0) is 17.8 Å². The maximum absolute atomic E-state index is 13.3. The quantitative estimate of drug-likeness (QED) is 0.447. The van der Waals surface area contributed by atoms with Crippen LogP contribution in [0.15, 0.2) is 76.7 Å². The summed E-state index contributed by atoms with van der Waals surface area (Å²) in [4.78, 5) is 32.4. The zero-order valence-corrected chi connectivity index (χ0v) is 18.4. The Morgan fingerprint density at radius 2 is 1.84 bits per heavy atom. The lowest BCUT2D eigenvalue weighted by Crippen LogP contribution is -2.50. The highest BCUT2D eigenvalue weighted by molar-refractivity contribution is 7.14. The van der Waals surface area contributed by atoms with Crippen molar-refractivity contribution in [2.45, 2.75) is 19.0 Å². The molecule has 8 heteroatoms. The van der Waals surface area contributed by atoms with Crippen LogP contribution in [0.4, 0.5) is 5.13 Å². The van der Waals surface area contributed by atoms with Gasteiger partial charge in [-0.05, 0) is 29.3 Å². The van der Waals surface area contributed by atoms with Crippen LogP contribution in [0, 0.1) is 0 Å². The molecule has 0 aliphatic carbocycles. The number of hydrogen-bond donors (Lipinski definition) is 1. The van der Waals surface area contributed by atoms with Crippen molar-refractivity contribution in [2.75, 3.05) is 5.32 Å². The molecule has 1 aliphatic rings. The first kappa shape index (κ1) is 20.5. The number of benzene rings is 2. The summed E-state index contributed by atoms with van der Waals surface area (Å²) < 4.78 is 5.30. The Hall–Kier alpha value is -3.42. The Morgan fingerprint density at radius 1 is 1.06 bits per heavy atom. The average molecular weight is 464 g/mol. The number of carbonyl (C=O) groups excluding carboxylic acids is 2. The number of hydrogen-bond acceptors (Lipinski definition) is 5. The molecule has 2 amide bonds. The molecule has 0 saturated carbocycles. The Labute approximate surface area is 193 Å². The fraction of sp³-hybridized carbons (Fsp3) is 0.125. The zero-order chi connectivity index (χ0) is 22.1. The van der Waals surface area contributed by atoms with E-state index in [4.69, 9.17) is 16.0 Å². The lowest BCUT2D eigenvalue weighted by atomic mass is 9.93. The van der Waals surface area contributed by atoms with Crippen molar-refractivity contribution in [3.05, 3.63) is 94.2 Å². The molecule has 0 bridgehead atoms. The number of anilines is 1. The molecule has 1 atom stereocenters. The molecular formula is C24H18ClN3O3S. The van der Waals surface area contributed by atoms with Gasteiger partial charge in [0.25, 0.3) is 5.91 Å². The van der Waals surface area contributed by atoms with Crippen LogP contribution in [0.25, 0.3) is 11.3 Å². The number of furan rings is 1. The Morgan fingerprint density at radius 3 is 2.62 bits per heavy atom. The SMILES string of the molecule is O=C(Nc1nc(-c2ccccc2Cl)cs1)[C@H]1Cc2ccccc2CN1C(=O)c1ccco1. The van der Waals surface area contributed by atoms with Crippen molar-refractivity contribution >= 4 is 39.9 Å². The summed E-state index contributed by atoms with van der Waals surface area (Å²) in [5.41, 5.74) is 3.55. The van der Waals surface area contributed by atoms with Gasteiger partial charge in [0.05, 0.1) is 12.0 Å². The van der Waals surface area contributed by atoms with E-state index in [-0.39, 0.29) is 17.6 Å². The highest BCUT2D eigenvalue weighted by atomic mass is 35.5. The Bertz CT molecular complexity index is 1290. The topological polar surface area (TPSA) is 75.4 Å². The molecule has 32 heavy (non-hydrogen) atoms. The molecule has 6 nitrogen and oxygen atoms in total. The molecular weight excluding hydrogens is 446 g/mol. The van der Waals surface area contributed by atoms with Crippen molar-refractivity contribution < 1.29 is 14.0 Å². The molecule has 2 aromatic carbocycles. The lowest BCUT2D eigenvalue weighted by Gasteiger charge is -2.35. The Kier molecular flexibility index (Phi) is 5.51. The third kappa shape index (κ3) is 3.92. The van der Waals surface area contributed by atoms with E-state index in [2.05, 4.69) is 10.3 Å². The van der Waals surface area contributed by atoms with E-state index >= 15 is 0 Å². The molecule has 1 aliphatic heterocycles. The van der Waals surface area contributed by atoms with Crippen molar-refractivity contribution in [3.8, 4) is 11.3 Å². The summed E-state index contributed by atoms with van der Waals surface area (Å²) in [5.74, 6) is -0.405. The van der Waals surface area contributed by atoms with E-state index in [0.717, 1.165) is 16.7 Å². The second-order valence-electron chi connectivity index (χ2n) is 7.41. The molecule has 0 spiro atoms. The van der Waals surface area contributed by atoms with Gasteiger partial charge in [-0.25, -0.2) is 4.98 Å². The van der Waals surface area contributed by atoms with E-state index < -0.39 is 6.04 Å². The normalized spacial score (nSPS) is 15.3. The van der Waals surface area contributed by atoms with E-state index in [1.807, 2.05) is 47.8 Å². The number of nitrogens with one attached hydrogen (secondary N) is 1. The number of carbonyl (C=O) groups is 2. The molecule has 2 aromatic heterocycles. The van der Waals surface area contributed by atoms with Crippen LogP contribution in [0.3, 0.4) is 0 Å². The van der Waals surface area contributed by atoms with Crippen LogP contribution in [0.5, 0.6) is 0 Å². The van der Waals surface area contributed by atoms with Gasteiger partial charge in [0.1, 0.15) is 6.04 Å². The zero-order valence-electron chi connectivity index (χ0n) is 16.8. The number of thiazole rings is 1. The van der Waals surface area contributed by atoms with Gasteiger partial charge in [-0.2, -0.15) is 0 Å². The molecule has 4 aromatic rings. The highest BCUT2D eigenvalue weighted by Crippen LogP contribution is 2.31. The van der Waals surface area contributed by atoms with Gasteiger partial charge in [0, 0.05) is 28.9 Å². The van der Waals surface area contributed by atoms with Gasteiger partial charge in [0.2, 0.25) is 5.91 Å². The molecule has 0 fully saturated rings. The van der Waals surface area contributed by atoms with Crippen LogP contribution in [0.2, 0.25) is 5.02 Å². The lowest BCUT2D eigenvalue weighted by molar-refractivity contribution is -0.121. The molecule has 0 radical (unpaired) electrons. The number of nitrogens with zero attached hydrogens (tertiary/aromatic N) is 2. The maximum Gasteiger partial charge on any atom is 0.290 e. The summed E-state index contributed by atoms with van der Waals surface area (Å²) in [6.07, 6.45) is 1.86. The minimum atomic E-state index is -0.685. The monoisotopic (exact) mass is 463 g/mol. The van der Waals surface area contributed by atoms with Gasteiger partial charge in [-0.15, -0.1) is 11.3 Å². The first-order valence-corrected chi connectivity index (χ1v) is 11.3. The molecule has 5 rings (SSSR count). The molecule has 0 unspecified atom stereocenters. The van der Waals surface area contributed by atoms with Gasteiger partial charge in [-0.3, -0.25) is 9.59 Å². The van der Waals surface area contributed by atoms with Gasteiger partial charge < -0.3 is 14.6 Å². The van der Waals surface area contributed by atoms with Gasteiger partial charge in [-0.1, -0.05) is 54.1 Å². The fourth-order valence-electron chi connectivity index (χ4n) is 3.82. The number of aromatic nitrogens is 1. The minimum Gasteiger partial charge on any atom is -0.459 e. The van der Waals surface area contributed by atoms with Gasteiger partial charge in [0.15, 0.2) is 10.9 Å². The van der Waals surface area contributed by atoms with Crippen LogP contribution in [-0.4, -0.2) is 27.7 Å². The van der Waals surface area contributed by atoms with Gasteiger partial charge >= 0.3 is 0 Å². The summed E-state index contributed by atoms with van der Waals surface area (Å²) in [6.45, 7) is 0.330. The summed E-state index contributed by atoms with van der Waals surface area (Å²) in [6, 6.07) is 17.8. The summed E-state index contributed by atoms with van der Waals surface area (Å²) >= 11 is 7.59. The molecule has 1 N–H and O–H groups in total.